The Morgan fingerprint density at radius 3 is 2.69 bits per heavy atom. The van der Waals surface area contributed by atoms with Crippen LogP contribution in [0.5, 0.6) is 5.75 Å². The van der Waals surface area contributed by atoms with Gasteiger partial charge in [0.1, 0.15) is 12.4 Å². The molecule has 0 spiro atoms. The fourth-order valence-electron chi connectivity index (χ4n) is 2.08. The number of anilines is 1. The van der Waals surface area contributed by atoms with Gasteiger partial charge in [-0.15, -0.1) is 0 Å². The normalized spacial score (nSPS) is 10.4. The third-order valence-electron chi connectivity index (χ3n) is 3.38. The van der Waals surface area contributed by atoms with Gasteiger partial charge in [0.15, 0.2) is 11.5 Å². The minimum absolute atomic E-state index is 0.0147. The number of methoxy groups -OCH3 is 1. The number of ether oxygens (including phenoxy) is 2. The molecule has 2 rings (SSSR count). The van der Waals surface area contributed by atoms with Gasteiger partial charge in [-0.1, -0.05) is 12.1 Å². The van der Waals surface area contributed by atoms with Crippen LogP contribution >= 0.6 is 0 Å². The second-order valence-electron chi connectivity index (χ2n) is 5.54. The summed E-state index contributed by atoms with van der Waals surface area (Å²) < 4.78 is 15.5. The molecular weight excluding hydrogens is 338 g/mol. The molecule has 0 aliphatic rings. The molecule has 2 N–H and O–H groups in total. The summed E-state index contributed by atoms with van der Waals surface area (Å²) in [6.07, 6.45) is 1.29. The van der Waals surface area contributed by atoms with Crippen LogP contribution in [0, 0.1) is 0 Å². The van der Waals surface area contributed by atoms with Crippen molar-refractivity contribution in [1.82, 2.24) is 10.5 Å². The van der Waals surface area contributed by atoms with Gasteiger partial charge in [0.05, 0.1) is 6.61 Å². The van der Waals surface area contributed by atoms with E-state index in [-0.39, 0.29) is 24.1 Å². The van der Waals surface area contributed by atoms with Crippen molar-refractivity contribution in [3.63, 3.8) is 0 Å². The van der Waals surface area contributed by atoms with Crippen molar-refractivity contribution in [3.8, 4) is 5.75 Å². The van der Waals surface area contributed by atoms with Crippen molar-refractivity contribution in [2.75, 3.05) is 25.6 Å². The first-order chi connectivity index (χ1) is 12.6. The Hall–Kier alpha value is -2.87. The van der Waals surface area contributed by atoms with Crippen molar-refractivity contribution >= 4 is 17.5 Å². The van der Waals surface area contributed by atoms with Gasteiger partial charge in [-0.2, -0.15) is 0 Å². The van der Waals surface area contributed by atoms with E-state index in [1.807, 2.05) is 6.92 Å². The third-order valence-corrected chi connectivity index (χ3v) is 3.38. The fraction of sp³-hybridized carbons (Fsp3) is 0.389. The average molecular weight is 361 g/mol. The van der Waals surface area contributed by atoms with Crippen LogP contribution in [0.15, 0.2) is 34.9 Å². The molecule has 8 heteroatoms. The Morgan fingerprint density at radius 2 is 2.00 bits per heavy atom. The molecule has 0 fully saturated rings. The van der Waals surface area contributed by atoms with Gasteiger partial charge in [0.2, 0.25) is 5.91 Å². The maximum Gasteiger partial charge on any atom is 0.273 e. The fourth-order valence-corrected chi connectivity index (χ4v) is 2.08. The van der Waals surface area contributed by atoms with E-state index in [4.69, 9.17) is 14.0 Å². The van der Waals surface area contributed by atoms with Crippen LogP contribution in [-0.4, -0.2) is 37.2 Å². The highest BCUT2D eigenvalue weighted by molar-refractivity contribution is 5.92. The van der Waals surface area contributed by atoms with Gasteiger partial charge in [-0.3, -0.25) is 9.59 Å². The molecule has 0 bridgehead atoms. The number of hydrogen-bond donors (Lipinski definition) is 2. The summed E-state index contributed by atoms with van der Waals surface area (Å²) >= 11 is 0. The van der Waals surface area contributed by atoms with Crippen molar-refractivity contribution in [2.24, 2.45) is 0 Å². The molecule has 140 valence electrons. The number of amides is 2. The lowest BCUT2D eigenvalue weighted by atomic mass is 10.2. The van der Waals surface area contributed by atoms with E-state index >= 15 is 0 Å². The molecule has 0 atom stereocenters. The first-order valence-electron chi connectivity index (χ1n) is 8.37. The lowest BCUT2D eigenvalue weighted by molar-refractivity contribution is -0.116. The number of carbonyl (C=O) groups excluding carboxylic acids is 2. The van der Waals surface area contributed by atoms with Crippen LogP contribution < -0.4 is 15.4 Å². The second-order valence-corrected chi connectivity index (χ2v) is 5.54. The quantitative estimate of drug-likeness (QED) is 0.630. The molecule has 0 saturated carbocycles. The number of hydrogen-bond acceptors (Lipinski definition) is 6. The molecule has 8 nitrogen and oxygen atoms in total. The van der Waals surface area contributed by atoms with E-state index in [9.17, 15) is 9.59 Å². The van der Waals surface area contributed by atoms with Crippen LogP contribution in [0.3, 0.4) is 0 Å². The van der Waals surface area contributed by atoms with Gasteiger partial charge in [0, 0.05) is 31.8 Å². The number of rotatable bonds is 10. The predicted octanol–water partition coefficient (Wildman–Crippen LogP) is 2.37. The molecule has 0 unspecified atom stereocenters. The minimum Gasteiger partial charge on any atom is -0.486 e. The van der Waals surface area contributed by atoms with Gasteiger partial charge < -0.3 is 24.6 Å². The van der Waals surface area contributed by atoms with Crippen LogP contribution in [0.4, 0.5) is 5.69 Å². The van der Waals surface area contributed by atoms with E-state index in [1.165, 1.54) is 6.07 Å². The lowest BCUT2D eigenvalue weighted by Crippen LogP contribution is -2.27. The number of carbonyl (C=O) groups is 2. The maximum atomic E-state index is 11.8. The standard InChI is InChI=1S/C18H23N3O5/c1-3-4-17(22)20-13-5-7-14(8-6-13)25-12-15-11-16(21-26-15)18(23)19-9-10-24-2/h5-8,11H,3-4,9-10,12H2,1-2H3,(H,19,23)(H,20,22). The molecular formula is C18H23N3O5. The predicted molar refractivity (Wildman–Crippen MR) is 95.0 cm³/mol. The average Bonchev–Trinajstić information content (AvgIpc) is 3.10. The molecule has 0 aliphatic heterocycles. The van der Waals surface area contributed by atoms with Crippen molar-refractivity contribution in [1.29, 1.82) is 0 Å². The van der Waals surface area contributed by atoms with Gasteiger partial charge in [-0.25, -0.2) is 0 Å². The largest absolute Gasteiger partial charge is 0.486 e. The Balaban J connectivity index is 1.81. The van der Waals surface area contributed by atoms with Crippen molar-refractivity contribution in [3.05, 3.63) is 41.8 Å². The zero-order valence-electron chi connectivity index (χ0n) is 14.9. The summed E-state index contributed by atoms with van der Waals surface area (Å²) in [7, 11) is 1.56. The van der Waals surface area contributed by atoms with E-state index in [0.29, 0.717) is 36.8 Å². The third kappa shape index (κ3) is 6.21. The molecule has 1 aromatic carbocycles. The second kappa shape index (κ2) is 10.2. The van der Waals surface area contributed by atoms with Crippen molar-refractivity contribution < 1.29 is 23.6 Å². The first kappa shape index (κ1) is 19.5. The van der Waals surface area contributed by atoms with Crippen LogP contribution in [0.1, 0.15) is 36.0 Å². The summed E-state index contributed by atoms with van der Waals surface area (Å²) in [5.74, 6) is 0.701. The maximum absolute atomic E-state index is 11.8. The summed E-state index contributed by atoms with van der Waals surface area (Å²) in [6.45, 7) is 2.91. The monoisotopic (exact) mass is 361 g/mol. The molecule has 26 heavy (non-hydrogen) atoms. The summed E-state index contributed by atoms with van der Waals surface area (Å²) in [5, 5.41) is 9.18. The molecule has 1 aromatic heterocycles. The molecule has 2 aromatic rings. The van der Waals surface area contributed by atoms with Crippen LogP contribution in [-0.2, 0) is 16.1 Å². The Morgan fingerprint density at radius 1 is 1.23 bits per heavy atom. The van der Waals surface area contributed by atoms with Crippen LogP contribution in [0.2, 0.25) is 0 Å². The number of nitrogens with one attached hydrogen (secondary N) is 2. The summed E-state index contributed by atoms with van der Waals surface area (Å²) in [6, 6.07) is 8.55. The van der Waals surface area contributed by atoms with E-state index < -0.39 is 0 Å². The highest BCUT2D eigenvalue weighted by atomic mass is 16.5. The highest BCUT2D eigenvalue weighted by Gasteiger charge is 2.12. The van der Waals surface area contributed by atoms with E-state index in [0.717, 1.165) is 6.42 Å². The minimum atomic E-state index is -0.329. The first-order valence-corrected chi connectivity index (χ1v) is 8.37. The van der Waals surface area contributed by atoms with Gasteiger partial charge in [-0.05, 0) is 30.7 Å². The number of nitrogens with zero attached hydrogens (tertiary/aromatic N) is 1. The summed E-state index contributed by atoms with van der Waals surface area (Å²) in [4.78, 5) is 23.4. The van der Waals surface area contributed by atoms with Gasteiger partial charge >= 0.3 is 0 Å². The summed E-state index contributed by atoms with van der Waals surface area (Å²) in [5.41, 5.74) is 0.902. The van der Waals surface area contributed by atoms with Crippen LogP contribution in [0.25, 0.3) is 0 Å². The molecule has 0 radical (unpaired) electrons. The molecule has 2 amide bonds. The molecule has 1 heterocycles. The van der Waals surface area contributed by atoms with E-state index in [2.05, 4.69) is 15.8 Å². The number of aromatic nitrogens is 1. The van der Waals surface area contributed by atoms with Crippen molar-refractivity contribution in [2.45, 2.75) is 26.4 Å². The number of benzene rings is 1. The SMILES string of the molecule is CCCC(=O)Nc1ccc(OCc2cc(C(=O)NCCOC)no2)cc1. The Kier molecular flexibility index (Phi) is 7.63. The Bertz CT molecular complexity index is 712. The van der Waals surface area contributed by atoms with Gasteiger partial charge in [0.25, 0.3) is 5.91 Å². The lowest BCUT2D eigenvalue weighted by Gasteiger charge is -2.07. The zero-order valence-corrected chi connectivity index (χ0v) is 14.9. The highest BCUT2D eigenvalue weighted by Crippen LogP contribution is 2.17. The smallest absolute Gasteiger partial charge is 0.273 e. The molecule has 0 aliphatic carbocycles. The van der Waals surface area contributed by atoms with E-state index in [1.54, 1.807) is 31.4 Å². The topological polar surface area (TPSA) is 103 Å². The zero-order chi connectivity index (χ0) is 18.8. The molecule has 0 saturated heterocycles. The Labute approximate surface area is 151 Å².